The highest BCUT2D eigenvalue weighted by Gasteiger charge is 2.14. The fourth-order valence-electron chi connectivity index (χ4n) is 1.24. The molecule has 2 heterocycles. The largest absolute Gasteiger partial charge is 0.505 e. The van der Waals surface area contributed by atoms with Crippen LogP contribution in [0.3, 0.4) is 0 Å². The number of nitrogens with zero attached hydrogens (tertiary/aromatic N) is 1. The lowest BCUT2D eigenvalue weighted by molar-refractivity contribution is 0.0693. The Bertz CT molecular complexity index is 518. The van der Waals surface area contributed by atoms with Crippen molar-refractivity contribution in [2.75, 3.05) is 0 Å². The number of aryl methyl sites for hydroxylation is 1. The van der Waals surface area contributed by atoms with Crippen molar-refractivity contribution in [2.24, 2.45) is 0 Å². The fraction of sp³-hybridized carbons (Fsp3) is 0.111. The molecule has 2 aromatic heterocycles. The number of hydrogen-bond acceptors (Lipinski definition) is 4. The minimum absolute atomic E-state index is 0.153. The Morgan fingerprint density at radius 3 is 2.93 bits per heavy atom. The van der Waals surface area contributed by atoms with Crippen molar-refractivity contribution in [3.63, 3.8) is 0 Å². The lowest BCUT2D eigenvalue weighted by Gasteiger charge is -1.98. The lowest BCUT2D eigenvalue weighted by Crippen LogP contribution is -1.97. The van der Waals surface area contributed by atoms with E-state index in [2.05, 4.69) is 4.98 Å². The van der Waals surface area contributed by atoms with Crippen LogP contribution >= 0.6 is 11.3 Å². The maximum absolute atomic E-state index is 10.7. The average Bonchev–Trinajstić information content (AvgIpc) is 2.46. The molecule has 0 radical (unpaired) electrons. The molecule has 0 fully saturated rings. The van der Waals surface area contributed by atoms with E-state index in [0.29, 0.717) is 10.2 Å². The van der Waals surface area contributed by atoms with Crippen LogP contribution in [-0.2, 0) is 0 Å². The van der Waals surface area contributed by atoms with Gasteiger partial charge in [-0.05, 0) is 13.0 Å². The topological polar surface area (TPSA) is 70.4 Å². The van der Waals surface area contributed by atoms with Gasteiger partial charge in [0.25, 0.3) is 0 Å². The third kappa shape index (κ3) is 1.22. The summed E-state index contributed by atoms with van der Waals surface area (Å²) >= 11 is 1.33. The summed E-state index contributed by atoms with van der Waals surface area (Å²) in [5, 5.41) is 18.4. The number of pyridine rings is 1. The average molecular weight is 209 g/mol. The van der Waals surface area contributed by atoms with Gasteiger partial charge in [-0.25, -0.2) is 4.79 Å². The number of rotatable bonds is 1. The molecule has 0 saturated carbocycles. The van der Waals surface area contributed by atoms with Crippen LogP contribution in [0.25, 0.3) is 10.2 Å². The van der Waals surface area contributed by atoms with E-state index in [0.717, 1.165) is 4.88 Å². The summed E-state index contributed by atoms with van der Waals surface area (Å²) in [6.07, 6.45) is 1.17. The van der Waals surface area contributed by atoms with Crippen molar-refractivity contribution >= 4 is 27.5 Å². The van der Waals surface area contributed by atoms with E-state index < -0.39 is 5.97 Å². The molecule has 0 atom stereocenters. The van der Waals surface area contributed by atoms with Crippen LogP contribution in [0.1, 0.15) is 15.2 Å². The smallest absolute Gasteiger partial charge is 0.341 e. The molecule has 5 heteroatoms. The standard InChI is InChI=1S/C9H7NO3S/c1-4-2-6-8(14-4)7(11)5(3-10-6)9(12)13/h2-3H,1H3,(H,10,11)(H,12,13). The third-order valence-electron chi connectivity index (χ3n) is 1.87. The summed E-state index contributed by atoms with van der Waals surface area (Å²) < 4.78 is 0.530. The van der Waals surface area contributed by atoms with Crippen LogP contribution in [0.5, 0.6) is 5.75 Å². The molecule has 0 saturated heterocycles. The molecule has 2 rings (SSSR count). The second kappa shape index (κ2) is 2.95. The van der Waals surface area contributed by atoms with Gasteiger partial charge in [0.1, 0.15) is 5.56 Å². The summed E-state index contributed by atoms with van der Waals surface area (Å²) in [4.78, 5) is 15.6. The van der Waals surface area contributed by atoms with E-state index in [1.165, 1.54) is 17.5 Å². The zero-order valence-corrected chi connectivity index (χ0v) is 8.13. The van der Waals surface area contributed by atoms with E-state index in [1.807, 2.05) is 13.0 Å². The molecule has 0 unspecified atom stereocenters. The minimum Gasteiger partial charge on any atom is -0.505 e. The van der Waals surface area contributed by atoms with Gasteiger partial charge in [-0.2, -0.15) is 0 Å². The van der Waals surface area contributed by atoms with Gasteiger partial charge in [0.15, 0.2) is 5.75 Å². The number of carboxylic acids is 1. The van der Waals surface area contributed by atoms with Gasteiger partial charge in [-0.15, -0.1) is 11.3 Å². The second-order valence-electron chi connectivity index (χ2n) is 2.90. The van der Waals surface area contributed by atoms with Crippen molar-refractivity contribution < 1.29 is 15.0 Å². The summed E-state index contributed by atoms with van der Waals surface area (Å²) in [6, 6.07) is 1.81. The van der Waals surface area contributed by atoms with Crippen LogP contribution < -0.4 is 0 Å². The first-order valence-electron chi connectivity index (χ1n) is 3.91. The number of hydrogen-bond donors (Lipinski definition) is 2. The summed E-state index contributed by atoms with van der Waals surface area (Å²) in [5.74, 6) is -1.36. The number of aromatic carboxylic acids is 1. The maximum atomic E-state index is 10.7. The normalized spacial score (nSPS) is 10.6. The molecule has 0 spiro atoms. The molecule has 0 aliphatic heterocycles. The number of fused-ring (bicyclic) bond motifs is 1. The molecule has 0 aromatic carbocycles. The van der Waals surface area contributed by atoms with Gasteiger partial charge >= 0.3 is 5.97 Å². The van der Waals surface area contributed by atoms with E-state index >= 15 is 0 Å². The van der Waals surface area contributed by atoms with Gasteiger partial charge in [0, 0.05) is 11.1 Å². The monoisotopic (exact) mass is 209 g/mol. The number of thiophene rings is 1. The number of aromatic hydroxyl groups is 1. The molecule has 0 aliphatic rings. The lowest BCUT2D eigenvalue weighted by atomic mass is 10.2. The quantitative estimate of drug-likeness (QED) is 0.753. The van der Waals surface area contributed by atoms with Crippen molar-refractivity contribution in [1.82, 2.24) is 4.98 Å². The Kier molecular flexibility index (Phi) is 1.89. The Labute approximate surface area is 83.5 Å². The molecule has 0 amide bonds. The first-order valence-corrected chi connectivity index (χ1v) is 4.72. The second-order valence-corrected chi connectivity index (χ2v) is 4.15. The third-order valence-corrected chi connectivity index (χ3v) is 2.92. The molecule has 0 bridgehead atoms. The zero-order chi connectivity index (χ0) is 10.3. The van der Waals surface area contributed by atoms with Gasteiger partial charge in [0.05, 0.1) is 10.2 Å². The van der Waals surface area contributed by atoms with Crippen LogP contribution in [0, 0.1) is 6.92 Å². The highest BCUT2D eigenvalue weighted by atomic mass is 32.1. The Morgan fingerprint density at radius 2 is 2.29 bits per heavy atom. The predicted molar refractivity (Wildman–Crippen MR) is 53.0 cm³/mol. The van der Waals surface area contributed by atoms with E-state index in [-0.39, 0.29) is 11.3 Å². The zero-order valence-electron chi connectivity index (χ0n) is 7.31. The summed E-state index contributed by atoms with van der Waals surface area (Å²) in [7, 11) is 0. The highest BCUT2D eigenvalue weighted by Crippen LogP contribution is 2.33. The van der Waals surface area contributed by atoms with Crippen molar-refractivity contribution in [3.05, 3.63) is 22.7 Å². The summed E-state index contributed by atoms with van der Waals surface area (Å²) in [5.41, 5.74) is 0.481. The highest BCUT2D eigenvalue weighted by molar-refractivity contribution is 7.19. The Balaban J connectivity index is 2.80. The van der Waals surface area contributed by atoms with Crippen molar-refractivity contribution in [2.45, 2.75) is 6.92 Å². The molecule has 2 N–H and O–H groups in total. The van der Waals surface area contributed by atoms with Crippen LogP contribution in [-0.4, -0.2) is 21.2 Å². The van der Waals surface area contributed by atoms with Crippen molar-refractivity contribution in [3.8, 4) is 5.75 Å². The van der Waals surface area contributed by atoms with Crippen LogP contribution in [0.4, 0.5) is 0 Å². The number of aromatic nitrogens is 1. The van der Waals surface area contributed by atoms with Crippen LogP contribution in [0.15, 0.2) is 12.3 Å². The van der Waals surface area contributed by atoms with E-state index in [4.69, 9.17) is 5.11 Å². The summed E-state index contributed by atoms with van der Waals surface area (Å²) in [6.45, 7) is 1.88. The SMILES string of the molecule is Cc1cc2ncc(C(=O)O)c(O)c2s1. The molecule has 72 valence electrons. The van der Waals surface area contributed by atoms with Gasteiger partial charge in [-0.1, -0.05) is 0 Å². The number of carbonyl (C=O) groups is 1. The molecule has 4 nitrogen and oxygen atoms in total. The van der Waals surface area contributed by atoms with E-state index in [1.54, 1.807) is 0 Å². The fourth-order valence-corrected chi connectivity index (χ4v) is 2.16. The Morgan fingerprint density at radius 1 is 1.57 bits per heavy atom. The van der Waals surface area contributed by atoms with Gasteiger partial charge in [0.2, 0.25) is 0 Å². The molecular formula is C9H7NO3S. The number of carboxylic acid groups (broad SMARTS) is 1. The maximum Gasteiger partial charge on any atom is 0.341 e. The van der Waals surface area contributed by atoms with Gasteiger partial charge in [-0.3, -0.25) is 4.98 Å². The van der Waals surface area contributed by atoms with Crippen LogP contribution in [0.2, 0.25) is 0 Å². The first-order chi connectivity index (χ1) is 6.59. The molecule has 2 aromatic rings. The van der Waals surface area contributed by atoms with E-state index in [9.17, 15) is 9.90 Å². The Hall–Kier alpha value is -1.62. The molecule has 0 aliphatic carbocycles. The molecular weight excluding hydrogens is 202 g/mol. The van der Waals surface area contributed by atoms with Gasteiger partial charge < -0.3 is 10.2 Å². The molecule has 14 heavy (non-hydrogen) atoms. The first kappa shape index (κ1) is 8.96. The minimum atomic E-state index is -1.16. The predicted octanol–water partition coefficient (Wildman–Crippen LogP) is 2.01. The van der Waals surface area contributed by atoms with Crippen molar-refractivity contribution in [1.29, 1.82) is 0 Å².